The van der Waals surface area contributed by atoms with Gasteiger partial charge < -0.3 is 10.2 Å². The van der Waals surface area contributed by atoms with Crippen molar-refractivity contribution in [1.82, 2.24) is 15.2 Å². The Morgan fingerprint density at radius 3 is 2.67 bits per heavy atom. The largest absolute Gasteiger partial charge is 0.368 e. The number of fused-ring (bicyclic) bond motifs is 1. The van der Waals surface area contributed by atoms with E-state index in [1.807, 2.05) is 24.4 Å². The van der Waals surface area contributed by atoms with E-state index in [0.29, 0.717) is 11.3 Å². The minimum absolute atomic E-state index is 0.138. The van der Waals surface area contributed by atoms with Gasteiger partial charge in [0, 0.05) is 51.1 Å². The number of pyridine rings is 1. The number of rotatable bonds is 4. The summed E-state index contributed by atoms with van der Waals surface area (Å²) >= 11 is 0. The lowest BCUT2D eigenvalue weighted by atomic mass is 9.96. The predicted molar refractivity (Wildman–Crippen MR) is 117 cm³/mol. The fraction of sp³-hybridized carbons (Fsp3) is 0.409. The van der Waals surface area contributed by atoms with Crippen molar-refractivity contribution in [2.75, 3.05) is 38.1 Å². The summed E-state index contributed by atoms with van der Waals surface area (Å²) in [7, 11) is 1.60. The Bertz CT molecular complexity index is 968. The zero-order valence-electron chi connectivity index (χ0n) is 17.5. The van der Waals surface area contributed by atoms with Crippen LogP contribution < -0.4 is 10.2 Å². The maximum atomic E-state index is 11.9. The summed E-state index contributed by atoms with van der Waals surface area (Å²) in [6.07, 6.45) is 7.56. The van der Waals surface area contributed by atoms with Gasteiger partial charge >= 0.3 is 0 Å². The molecule has 156 valence electrons. The molecule has 8 heteroatoms. The summed E-state index contributed by atoms with van der Waals surface area (Å²) in [5, 5.41) is 2.58. The Morgan fingerprint density at radius 1 is 1.23 bits per heavy atom. The molecule has 0 aliphatic carbocycles. The molecule has 1 fully saturated rings. The Labute approximate surface area is 176 Å². The molecule has 1 aromatic heterocycles. The van der Waals surface area contributed by atoms with Gasteiger partial charge in [-0.2, -0.15) is 0 Å². The number of aromatic nitrogens is 1. The van der Waals surface area contributed by atoms with E-state index in [0.717, 1.165) is 43.2 Å². The number of anilines is 1. The predicted octanol–water partition coefficient (Wildman–Crippen LogP) is 1.26. The van der Waals surface area contributed by atoms with Gasteiger partial charge in [-0.3, -0.25) is 19.5 Å². The van der Waals surface area contributed by atoms with Crippen molar-refractivity contribution in [3.63, 3.8) is 0 Å². The third-order valence-corrected chi connectivity index (χ3v) is 5.89. The van der Waals surface area contributed by atoms with Gasteiger partial charge in [0.1, 0.15) is 11.7 Å². The number of carbonyl (C=O) groups is 2. The van der Waals surface area contributed by atoms with E-state index in [9.17, 15) is 9.59 Å². The van der Waals surface area contributed by atoms with Crippen molar-refractivity contribution in [2.24, 2.45) is 9.98 Å². The summed E-state index contributed by atoms with van der Waals surface area (Å²) in [5.41, 5.74) is 3.91. The van der Waals surface area contributed by atoms with Gasteiger partial charge in [0.15, 0.2) is 0 Å². The summed E-state index contributed by atoms with van der Waals surface area (Å²) in [6, 6.07) is 3.75. The Balaban J connectivity index is 1.38. The van der Waals surface area contributed by atoms with Crippen LogP contribution in [0.2, 0.25) is 0 Å². The van der Waals surface area contributed by atoms with E-state index in [2.05, 4.69) is 37.0 Å². The molecule has 0 aromatic carbocycles. The highest BCUT2D eigenvalue weighted by atomic mass is 16.2. The normalized spacial score (nSPS) is 22.6. The van der Waals surface area contributed by atoms with Gasteiger partial charge in [0.2, 0.25) is 0 Å². The molecule has 1 saturated heterocycles. The summed E-state index contributed by atoms with van der Waals surface area (Å²) < 4.78 is 0. The quantitative estimate of drug-likeness (QED) is 0.813. The van der Waals surface area contributed by atoms with Crippen LogP contribution in [0.15, 0.2) is 51.6 Å². The number of amides is 2. The van der Waals surface area contributed by atoms with Gasteiger partial charge in [-0.05, 0) is 43.7 Å². The van der Waals surface area contributed by atoms with E-state index >= 15 is 0 Å². The van der Waals surface area contributed by atoms with Crippen molar-refractivity contribution < 1.29 is 9.59 Å². The third-order valence-electron chi connectivity index (χ3n) is 5.89. The standard InChI is InChI=1S/C22H26N6O2/c1-14-10-19-20(26-21(14)29)11-16(12-24-19)15(2)27-6-8-28(9-7-27)17-4-5-18(25-13-17)22(30)23-3/h4-5,10-13,15,19H,6-9H2,1-3H3,(H,23,30)/t15-,19?/m0/s1. The number of hydrogen-bond acceptors (Lipinski definition) is 6. The van der Waals surface area contributed by atoms with E-state index in [4.69, 9.17) is 0 Å². The maximum absolute atomic E-state index is 11.9. The summed E-state index contributed by atoms with van der Waals surface area (Å²) in [4.78, 5) is 41.3. The van der Waals surface area contributed by atoms with Gasteiger partial charge in [0.25, 0.3) is 11.8 Å². The molecule has 0 radical (unpaired) electrons. The number of hydrogen-bond donors (Lipinski definition) is 1. The maximum Gasteiger partial charge on any atom is 0.272 e. The molecule has 0 spiro atoms. The lowest BCUT2D eigenvalue weighted by Crippen LogP contribution is -2.50. The number of dihydropyridines is 2. The average Bonchev–Trinajstić information content (AvgIpc) is 2.79. The molecule has 3 aliphatic rings. The second-order valence-corrected chi connectivity index (χ2v) is 7.74. The zero-order valence-corrected chi connectivity index (χ0v) is 17.5. The SMILES string of the molecule is CNC(=O)c1ccc(N2CCN([C@@H](C)C3=CC4=NC(=O)C(C)=CC4N=C3)CC2)cn1. The molecule has 8 nitrogen and oxygen atoms in total. The fourth-order valence-electron chi connectivity index (χ4n) is 3.92. The highest BCUT2D eigenvalue weighted by Gasteiger charge is 2.27. The molecule has 4 rings (SSSR count). The molecule has 2 amide bonds. The van der Waals surface area contributed by atoms with Crippen LogP contribution in [0.5, 0.6) is 0 Å². The topological polar surface area (TPSA) is 90.3 Å². The number of nitrogens with zero attached hydrogens (tertiary/aromatic N) is 5. The van der Waals surface area contributed by atoms with Crippen LogP contribution in [0, 0.1) is 0 Å². The van der Waals surface area contributed by atoms with Gasteiger partial charge in [0.05, 0.1) is 17.6 Å². The first-order valence-electron chi connectivity index (χ1n) is 10.2. The van der Waals surface area contributed by atoms with Crippen molar-refractivity contribution in [2.45, 2.75) is 25.9 Å². The second kappa shape index (κ2) is 8.31. The van der Waals surface area contributed by atoms with Crippen LogP contribution in [0.25, 0.3) is 0 Å². The number of aliphatic imine (C=N–C) groups is 2. The van der Waals surface area contributed by atoms with Crippen LogP contribution in [0.1, 0.15) is 24.3 Å². The minimum Gasteiger partial charge on any atom is -0.368 e. The molecule has 2 atom stereocenters. The van der Waals surface area contributed by atoms with E-state index < -0.39 is 0 Å². The van der Waals surface area contributed by atoms with Gasteiger partial charge in [-0.25, -0.2) is 9.98 Å². The first-order valence-corrected chi connectivity index (χ1v) is 10.2. The molecule has 1 aromatic rings. The average molecular weight is 406 g/mol. The first kappa shape index (κ1) is 20.2. The van der Waals surface area contributed by atoms with Crippen molar-refractivity contribution in [3.8, 4) is 0 Å². The van der Waals surface area contributed by atoms with E-state index in [-0.39, 0.29) is 23.9 Å². The number of piperazine rings is 1. The molecule has 0 bridgehead atoms. The molecule has 30 heavy (non-hydrogen) atoms. The van der Waals surface area contributed by atoms with E-state index in [1.165, 1.54) is 0 Å². The van der Waals surface area contributed by atoms with Crippen LogP contribution in [0.3, 0.4) is 0 Å². The summed E-state index contributed by atoms with van der Waals surface area (Å²) in [5.74, 6) is -0.356. The smallest absolute Gasteiger partial charge is 0.272 e. The molecule has 1 N–H and O–H groups in total. The van der Waals surface area contributed by atoms with Crippen LogP contribution in [0.4, 0.5) is 5.69 Å². The van der Waals surface area contributed by atoms with Gasteiger partial charge in [-0.1, -0.05) is 0 Å². The van der Waals surface area contributed by atoms with Crippen LogP contribution in [-0.4, -0.2) is 78.9 Å². The van der Waals surface area contributed by atoms with E-state index in [1.54, 1.807) is 26.2 Å². The Kier molecular flexibility index (Phi) is 5.59. The second-order valence-electron chi connectivity index (χ2n) is 7.74. The fourth-order valence-corrected chi connectivity index (χ4v) is 3.92. The minimum atomic E-state index is -0.181. The highest BCUT2D eigenvalue weighted by molar-refractivity contribution is 6.16. The number of nitrogens with one attached hydrogen (secondary N) is 1. The Morgan fingerprint density at radius 2 is 2.00 bits per heavy atom. The first-order chi connectivity index (χ1) is 14.5. The van der Waals surface area contributed by atoms with Crippen molar-refractivity contribution >= 4 is 29.4 Å². The lowest BCUT2D eigenvalue weighted by molar-refractivity contribution is -0.114. The number of carbonyl (C=O) groups excluding carboxylic acids is 2. The molecular formula is C22H26N6O2. The van der Waals surface area contributed by atoms with Crippen molar-refractivity contribution in [1.29, 1.82) is 0 Å². The zero-order chi connectivity index (χ0) is 21.3. The summed E-state index contributed by atoms with van der Waals surface area (Å²) in [6.45, 7) is 7.50. The molecular weight excluding hydrogens is 380 g/mol. The van der Waals surface area contributed by atoms with Gasteiger partial charge in [-0.15, -0.1) is 0 Å². The molecule has 3 aliphatic heterocycles. The molecule has 0 saturated carbocycles. The van der Waals surface area contributed by atoms with Crippen LogP contribution >= 0.6 is 0 Å². The highest BCUT2D eigenvalue weighted by Crippen LogP contribution is 2.22. The Hall–Kier alpha value is -3.13. The third kappa shape index (κ3) is 3.95. The molecule has 1 unspecified atom stereocenters. The van der Waals surface area contributed by atoms with Crippen molar-refractivity contribution in [3.05, 3.63) is 47.3 Å². The molecule has 4 heterocycles. The van der Waals surface area contributed by atoms with Crippen LogP contribution in [-0.2, 0) is 4.79 Å². The lowest BCUT2D eigenvalue weighted by Gasteiger charge is -2.39. The monoisotopic (exact) mass is 406 g/mol.